The molecule has 7 heteroatoms. The quantitative estimate of drug-likeness (QED) is 0.572. The van der Waals surface area contributed by atoms with E-state index in [1.54, 1.807) is 25.2 Å². The minimum atomic E-state index is -1.07. The molecular formula is C8H10N2O3S2. The molecule has 1 fully saturated rings. The maximum absolute atomic E-state index is 11.6. The summed E-state index contributed by atoms with van der Waals surface area (Å²) in [5, 5.41) is 8.58. The van der Waals surface area contributed by atoms with E-state index >= 15 is 0 Å². The lowest BCUT2D eigenvalue weighted by atomic mass is 10.4. The van der Waals surface area contributed by atoms with Crippen molar-refractivity contribution < 1.29 is 14.7 Å². The Kier molecular flexibility index (Phi) is 3.70. The van der Waals surface area contributed by atoms with Gasteiger partial charge in [-0.2, -0.15) is 0 Å². The molecule has 15 heavy (non-hydrogen) atoms. The molecule has 0 radical (unpaired) electrons. The summed E-state index contributed by atoms with van der Waals surface area (Å²) >= 11 is 6.03. The highest BCUT2D eigenvalue weighted by molar-refractivity contribution is 8.26. The molecule has 1 heterocycles. The summed E-state index contributed by atoms with van der Waals surface area (Å²) in [6.07, 6.45) is 1.63. The molecule has 0 aromatic heterocycles. The maximum atomic E-state index is 11.6. The summed E-state index contributed by atoms with van der Waals surface area (Å²) in [6, 6.07) is 0. The van der Waals surface area contributed by atoms with Crippen LogP contribution in [0.5, 0.6) is 0 Å². The van der Waals surface area contributed by atoms with Gasteiger partial charge in [0.05, 0.1) is 4.91 Å². The van der Waals surface area contributed by atoms with Crippen LogP contribution in [-0.2, 0) is 9.59 Å². The third-order valence-corrected chi connectivity index (χ3v) is 2.91. The van der Waals surface area contributed by atoms with E-state index in [0.29, 0.717) is 4.91 Å². The third-order valence-electron chi connectivity index (χ3n) is 1.54. The predicted molar refractivity (Wildman–Crippen MR) is 61.3 cm³/mol. The zero-order chi connectivity index (χ0) is 11.6. The van der Waals surface area contributed by atoms with Gasteiger partial charge in [0.1, 0.15) is 10.9 Å². The van der Waals surface area contributed by atoms with Gasteiger partial charge in [-0.3, -0.25) is 14.5 Å². The van der Waals surface area contributed by atoms with Crippen molar-refractivity contribution >= 4 is 40.2 Å². The second kappa shape index (κ2) is 4.63. The molecule has 5 nitrogen and oxygen atoms in total. The second-order valence-electron chi connectivity index (χ2n) is 3.11. The highest BCUT2D eigenvalue weighted by Crippen LogP contribution is 2.30. The van der Waals surface area contributed by atoms with Crippen molar-refractivity contribution in [3.05, 3.63) is 11.1 Å². The van der Waals surface area contributed by atoms with E-state index < -0.39 is 5.97 Å². The molecule has 1 amide bonds. The van der Waals surface area contributed by atoms with E-state index in [9.17, 15) is 9.59 Å². The number of carbonyl (C=O) groups excluding carboxylic acids is 1. The van der Waals surface area contributed by atoms with Crippen LogP contribution < -0.4 is 0 Å². The number of amides is 1. The van der Waals surface area contributed by atoms with Crippen molar-refractivity contribution in [2.45, 2.75) is 0 Å². The second-order valence-corrected chi connectivity index (χ2v) is 4.79. The van der Waals surface area contributed by atoms with Gasteiger partial charge in [-0.05, 0) is 0 Å². The van der Waals surface area contributed by atoms with E-state index in [1.807, 2.05) is 0 Å². The minimum Gasteiger partial charge on any atom is -0.480 e. The Morgan fingerprint density at radius 1 is 1.67 bits per heavy atom. The van der Waals surface area contributed by atoms with Gasteiger partial charge in [-0.15, -0.1) is 0 Å². The number of carbonyl (C=O) groups is 2. The monoisotopic (exact) mass is 246 g/mol. The zero-order valence-corrected chi connectivity index (χ0v) is 9.89. The molecule has 0 aromatic rings. The van der Waals surface area contributed by atoms with Gasteiger partial charge in [0.15, 0.2) is 0 Å². The van der Waals surface area contributed by atoms with Gasteiger partial charge in [0, 0.05) is 20.3 Å². The van der Waals surface area contributed by atoms with Crippen LogP contribution in [0.15, 0.2) is 11.1 Å². The Morgan fingerprint density at radius 2 is 2.27 bits per heavy atom. The van der Waals surface area contributed by atoms with Crippen LogP contribution in [0, 0.1) is 0 Å². The Hall–Kier alpha value is -1.08. The average Bonchev–Trinajstić information content (AvgIpc) is 2.31. The lowest BCUT2D eigenvalue weighted by Gasteiger charge is -2.10. The molecule has 0 unspecified atom stereocenters. The molecule has 1 aliphatic rings. The number of thioether (sulfide) groups is 1. The lowest BCUT2D eigenvalue weighted by Crippen LogP contribution is -2.33. The van der Waals surface area contributed by atoms with Gasteiger partial charge < -0.3 is 10.0 Å². The summed E-state index contributed by atoms with van der Waals surface area (Å²) in [7, 11) is 3.56. The molecule has 0 saturated carbocycles. The Labute approximate surface area is 96.7 Å². The highest BCUT2D eigenvalue weighted by Gasteiger charge is 2.33. The first-order valence-corrected chi connectivity index (χ1v) is 5.28. The van der Waals surface area contributed by atoms with Crippen LogP contribution in [0.25, 0.3) is 0 Å². The van der Waals surface area contributed by atoms with Gasteiger partial charge in [0.25, 0.3) is 5.91 Å². The topological polar surface area (TPSA) is 60.9 Å². The standard InChI is InChI=1S/C8H10N2O3S2/c1-9(2)3-5-7(13)10(4-6(11)12)8(14)15-5/h3H,4H2,1-2H3,(H,11,12)/b5-3-. The van der Waals surface area contributed by atoms with E-state index in [2.05, 4.69) is 0 Å². The molecule has 0 spiro atoms. The summed E-state index contributed by atoms with van der Waals surface area (Å²) in [5.41, 5.74) is 0. The summed E-state index contributed by atoms with van der Waals surface area (Å²) < 4.78 is 0.288. The summed E-state index contributed by atoms with van der Waals surface area (Å²) in [6.45, 7) is -0.380. The van der Waals surface area contributed by atoms with Crippen molar-refractivity contribution in [1.82, 2.24) is 9.80 Å². The van der Waals surface area contributed by atoms with Gasteiger partial charge in [-0.25, -0.2) is 0 Å². The molecule has 1 aliphatic heterocycles. The third kappa shape index (κ3) is 2.93. The summed E-state index contributed by atoms with van der Waals surface area (Å²) in [5.74, 6) is -1.42. The van der Waals surface area contributed by atoms with E-state index in [0.717, 1.165) is 16.7 Å². The van der Waals surface area contributed by atoms with Crippen LogP contribution in [0.2, 0.25) is 0 Å². The molecule has 1 rings (SSSR count). The molecule has 0 aromatic carbocycles. The van der Waals surface area contributed by atoms with Crippen molar-refractivity contribution in [1.29, 1.82) is 0 Å². The number of carboxylic acids is 1. The number of aliphatic carboxylic acids is 1. The zero-order valence-electron chi connectivity index (χ0n) is 8.26. The van der Waals surface area contributed by atoms with Gasteiger partial charge in [-0.1, -0.05) is 24.0 Å². The molecular weight excluding hydrogens is 236 g/mol. The highest BCUT2D eigenvalue weighted by atomic mass is 32.2. The largest absolute Gasteiger partial charge is 0.480 e. The molecule has 1 N–H and O–H groups in total. The van der Waals surface area contributed by atoms with Crippen molar-refractivity contribution in [3.8, 4) is 0 Å². The van der Waals surface area contributed by atoms with Crippen LogP contribution >= 0.6 is 24.0 Å². The number of thiocarbonyl (C=S) groups is 1. The Bertz CT molecular complexity index is 352. The average molecular weight is 246 g/mol. The first-order valence-electron chi connectivity index (χ1n) is 4.05. The first kappa shape index (κ1) is 12.0. The number of carboxylic acid groups (broad SMARTS) is 1. The summed E-state index contributed by atoms with van der Waals surface area (Å²) in [4.78, 5) is 25.4. The normalized spacial score (nSPS) is 18.8. The molecule has 82 valence electrons. The number of hydrogen-bond acceptors (Lipinski definition) is 5. The van der Waals surface area contributed by atoms with Gasteiger partial charge in [0.2, 0.25) is 0 Å². The van der Waals surface area contributed by atoms with E-state index in [-0.39, 0.29) is 16.8 Å². The SMILES string of the molecule is CN(C)/C=C1\SC(=S)N(CC(=O)O)C1=O. The maximum Gasteiger partial charge on any atom is 0.323 e. The smallest absolute Gasteiger partial charge is 0.323 e. The molecule has 0 atom stereocenters. The van der Waals surface area contributed by atoms with E-state index in [1.165, 1.54) is 0 Å². The fraction of sp³-hybridized carbons (Fsp3) is 0.375. The van der Waals surface area contributed by atoms with E-state index in [4.69, 9.17) is 17.3 Å². The lowest BCUT2D eigenvalue weighted by molar-refractivity contribution is -0.140. The van der Waals surface area contributed by atoms with Crippen molar-refractivity contribution in [2.24, 2.45) is 0 Å². The number of nitrogens with zero attached hydrogens (tertiary/aromatic N) is 2. The predicted octanol–water partition coefficient (Wildman–Crippen LogP) is 0.334. The van der Waals surface area contributed by atoms with Crippen LogP contribution in [0.4, 0.5) is 0 Å². The molecule has 0 aliphatic carbocycles. The fourth-order valence-electron chi connectivity index (χ4n) is 0.996. The fourth-order valence-corrected chi connectivity index (χ4v) is 2.32. The molecule has 0 bridgehead atoms. The van der Waals surface area contributed by atoms with Crippen LogP contribution in [-0.4, -0.2) is 51.7 Å². The van der Waals surface area contributed by atoms with Crippen LogP contribution in [0.1, 0.15) is 0 Å². The minimum absolute atomic E-state index is 0.288. The van der Waals surface area contributed by atoms with Gasteiger partial charge >= 0.3 is 5.97 Å². The molecule has 1 saturated heterocycles. The van der Waals surface area contributed by atoms with Crippen LogP contribution in [0.3, 0.4) is 0 Å². The first-order chi connectivity index (χ1) is 6.91. The number of hydrogen-bond donors (Lipinski definition) is 1. The van der Waals surface area contributed by atoms with Crippen molar-refractivity contribution in [3.63, 3.8) is 0 Å². The number of rotatable bonds is 3. The Balaban J connectivity index is 2.84. The van der Waals surface area contributed by atoms with Crippen molar-refractivity contribution in [2.75, 3.05) is 20.6 Å². The Morgan fingerprint density at radius 3 is 2.73 bits per heavy atom.